The topological polar surface area (TPSA) is 56.3 Å². The summed E-state index contributed by atoms with van der Waals surface area (Å²) in [5, 5.41) is 10.6. The van der Waals surface area contributed by atoms with E-state index < -0.39 is 0 Å². The molecular weight excluding hydrogens is 216 g/mol. The first-order valence-corrected chi connectivity index (χ1v) is 5.74. The standard InChI is InChI=1S/C13H16N2O2/c1-2-15(7-8-16)12-9-10-5-3-4-6-11(10)13(17)14-12/h3-6,9,16H,2,7-8H2,1H3,(H,14,17). The summed E-state index contributed by atoms with van der Waals surface area (Å²) in [6.45, 7) is 3.32. The van der Waals surface area contributed by atoms with Crippen LogP contribution in [0.5, 0.6) is 0 Å². The lowest BCUT2D eigenvalue weighted by atomic mass is 10.2. The third-order valence-corrected chi connectivity index (χ3v) is 2.83. The van der Waals surface area contributed by atoms with Crippen LogP contribution in [-0.4, -0.2) is 29.8 Å². The number of benzene rings is 1. The Labute approximate surface area is 99.5 Å². The number of aromatic nitrogens is 1. The number of aliphatic hydroxyl groups excluding tert-OH is 1. The zero-order valence-electron chi connectivity index (χ0n) is 9.81. The molecule has 0 amide bonds. The first-order valence-electron chi connectivity index (χ1n) is 5.74. The van der Waals surface area contributed by atoms with Crippen molar-refractivity contribution in [3.05, 3.63) is 40.7 Å². The summed E-state index contributed by atoms with van der Waals surface area (Å²) < 4.78 is 0. The number of anilines is 1. The summed E-state index contributed by atoms with van der Waals surface area (Å²) >= 11 is 0. The van der Waals surface area contributed by atoms with Crippen LogP contribution >= 0.6 is 0 Å². The van der Waals surface area contributed by atoms with Gasteiger partial charge in [-0.25, -0.2) is 0 Å². The number of nitrogens with one attached hydrogen (secondary N) is 1. The fraction of sp³-hybridized carbons (Fsp3) is 0.308. The number of H-pyrrole nitrogens is 1. The molecule has 0 saturated carbocycles. The summed E-state index contributed by atoms with van der Waals surface area (Å²) in [7, 11) is 0. The Morgan fingerprint density at radius 1 is 1.35 bits per heavy atom. The SMILES string of the molecule is CCN(CCO)c1cc2ccccc2c(=O)[nH]1. The Balaban J connectivity index is 2.52. The van der Waals surface area contributed by atoms with Gasteiger partial charge in [0.25, 0.3) is 5.56 Å². The molecule has 1 aromatic heterocycles. The molecule has 17 heavy (non-hydrogen) atoms. The van der Waals surface area contributed by atoms with Crippen molar-refractivity contribution in [1.29, 1.82) is 0 Å². The summed E-state index contributed by atoms with van der Waals surface area (Å²) in [5.41, 5.74) is -0.0884. The fourth-order valence-corrected chi connectivity index (χ4v) is 1.94. The predicted octanol–water partition coefficient (Wildman–Crippen LogP) is 1.35. The lowest BCUT2D eigenvalue weighted by molar-refractivity contribution is 0.302. The van der Waals surface area contributed by atoms with E-state index in [0.717, 1.165) is 17.7 Å². The summed E-state index contributed by atoms with van der Waals surface area (Å²) in [6.07, 6.45) is 0. The molecule has 0 spiro atoms. The second-order valence-corrected chi connectivity index (χ2v) is 3.87. The molecule has 0 saturated heterocycles. The highest BCUT2D eigenvalue weighted by Crippen LogP contribution is 2.15. The molecule has 2 N–H and O–H groups in total. The second-order valence-electron chi connectivity index (χ2n) is 3.87. The minimum absolute atomic E-state index is 0.0721. The minimum Gasteiger partial charge on any atom is -0.395 e. The first-order chi connectivity index (χ1) is 8.26. The average Bonchev–Trinajstić information content (AvgIpc) is 2.36. The normalized spacial score (nSPS) is 10.7. The highest BCUT2D eigenvalue weighted by molar-refractivity contribution is 5.83. The lowest BCUT2D eigenvalue weighted by Crippen LogP contribution is -2.28. The zero-order valence-corrected chi connectivity index (χ0v) is 9.81. The number of fused-ring (bicyclic) bond motifs is 1. The molecule has 2 rings (SSSR count). The maximum Gasteiger partial charge on any atom is 0.257 e. The van der Waals surface area contributed by atoms with E-state index in [-0.39, 0.29) is 12.2 Å². The van der Waals surface area contributed by atoms with Crippen molar-refractivity contribution < 1.29 is 5.11 Å². The number of aromatic amines is 1. The third-order valence-electron chi connectivity index (χ3n) is 2.83. The van der Waals surface area contributed by atoms with Crippen LogP contribution in [0.2, 0.25) is 0 Å². The molecular formula is C13H16N2O2. The van der Waals surface area contributed by atoms with Crippen LogP contribution in [-0.2, 0) is 0 Å². The highest BCUT2D eigenvalue weighted by atomic mass is 16.3. The van der Waals surface area contributed by atoms with Gasteiger partial charge in [-0.2, -0.15) is 0 Å². The van der Waals surface area contributed by atoms with E-state index in [4.69, 9.17) is 5.11 Å². The van der Waals surface area contributed by atoms with Crippen molar-refractivity contribution in [1.82, 2.24) is 4.98 Å². The number of likely N-dealkylation sites (N-methyl/N-ethyl adjacent to an activating group) is 1. The Hall–Kier alpha value is -1.81. The van der Waals surface area contributed by atoms with Crippen LogP contribution in [0.4, 0.5) is 5.82 Å². The molecule has 0 atom stereocenters. The molecule has 0 radical (unpaired) electrons. The van der Waals surface area contributed by atoms with Crippen LogP contribution in [0.25, 0.3) is 10.8 Å². The van der Waals surface area contributed by atoms with Crippen molar-refractivity contribution in [2.45, 2.75) is 6.92 Å². The van der Waals surface area contributed by atoms with E-state index in [1.807, 2.05) is 36.1 Å². The Morgan fingerprint density at radius 2 is 2.12 bits per heavy atom. The first kappa shape index (κ1) is 11.7. The molecule has 90 valence electrons. The smallest absolute Gasteiger partial charge is 0.257 e. The average molecular weight is 232 g/mol. The van der Waals surface area contributed by atoms with Crippen molar-refractivity contribution in [3.63, 3.8) is 0 Å². The van der Waals surface area contributed by atoms with Crippen molar-refractivity contribution in [2.24, 2.45) is 0 Å². The number of nitrogens with zero attached hydrogens (tertiary/aromatic N) is 1. The van der Waals surface area contributed by atoms with Gasteiger partial charge in [0.1, 0.15) is 5.82 Å². The van der Waals surface area contributed by atoms with Crippen LogP contribution in [0, 0.1) is 0 Å². The van der Waals surface area contributed by atoms with E-state index in [2.05, 4.69) is 4.98 Å². The maximum atomic E-state index is 11.9. The van der Waals surface area contributed by atoms with Gasteiger partial charge in [0.05, 0.1) is 6.61 Å². The van der Waals surface area contributed by atoms with Gasteiger partial charge < -0.3 is 15.0 Å². The molecule has 0 aliphatic heterocycles. The number of hydrogen-bond acceptors (Lipinski definition) is 3. The summed E-state index contributed by atoms with van der Waals surface area (Å²) in [6, 6.07) is 9.42. The predicted molar refractivity (Wildman–Crippen MR) is 69.5 cm³/mol. The summed E-state index contributed by atoms with van der Waals surface area (Å²) in [4.78, 5) is 16.7. The van der Waals surface area contributed by atoms with Gasteiger partial charge in [-0.15, -0.1) is 0 Å². The van der Waals surface area contributed by atoms with Crippen LogP contribution < -0.4 is 10.5 Å². The van der Waals surface area contributed by atoms with Crippen LogP contribution in [0.3, 0.4) is 0 Å². The van der Waals surface area contributed by atoms with E-state index >= 15 is 0 Å². The van der Waals surface area contributed by atoms with Gasteiger partial charge in [-0.05, 0) is 24.4 Å². The van der Waals surface area contributed by atoms with Gasteiger partial charge in [0, 0.05) is 18.5 Å². The van der Waals surface area contributed by atoms with E-state index in [0.29, 0.717) is 11.9 Å². The number of hydrogen-bond donors (Lipinski definition) is 2. The van der Waals surface area contributed by atoms with Crippen LogP contribution in [0.1, 0.15) is 6.92 Å². The zero-order chi connectivity index (χ0) is 12.3. The largest absolute Gasteiger partial charge is 0.395 e. The monoisotopic (exact) mass is 232 g/mol. The van der Waals surface area contributed by atoms with E-state index in [1.165, 1.54) is 0 Å². The summed E-state index contributed by atoms with van der Waals surface area (Å²) in [5.74, 6) is 0.755. The Kier molecular flexibility index (Phi) is 3.44. The molecule has 0 fully saturated rings. The molecule has 4 nitrogen and oxygen atoms in total. The van der Waals surface area contributed by atoms with E-state index in [9.17, 15) is 4.79 Å². The minimum atomic E-state index is -0.0884. The number of rotatable bonds is 4. The Morgan fingerprint density at radius 3 is 2.82 bits per heavy atom. The molecule has 0 unspecified atom stereocenters. The van der Waals surface area contributed by atoms with Gasteiger partial charge in [-0.1, -0.05) is 18.2 Å². The fourth-order valence-electron chi connectivity index (χ4n) is 1.94. The van der Waals surface area contributed by atoms with Gasteiger partial charge in [-0.3, -0.25) is 4.79 Å². The quantitative estimate of drug-likeness (QED) is 0.836. The van der Waals surface area contributed by atoms with E-state index in [1.54, 1.807) is 6.07 Å². The van der Waals surface area contributed by atoms with Crippen LogP contribution in [0.15, 0.2) is 35.1 Å². The van der Waals surface area contributed by atoms with Crippen molar-refractivity contribution in [3.8, 4) is 0 Å². The van der Waals surface area contributed by atoms with Crippen molar-refractivity contribution in [2.75, 3.05) is 24.6 Å². The molecule has 0 aliphatic carbocycles. The molecule has 1 aromatic carbocycles. The second kappa shape index (κ2) is 5.01. The molecule has 1 heterocycles. The molecule has 0 bridgehead atoms. The molecule has 4 heteroatoms. The van der Waals surface area contributed by atoms with Crippen molar-refractivity contribution >= 4 is 16.6 Å². The lowest BCUT2D eigenvalue weighted by Gasteiger charge is -2.21. The number of aliphatic hydroxyl groups is 1. The molecule has 0 aliphatic rings. The Bertz CT molecular complexity index is 563. The highest BCUT2D eigenvalue weighted by Gasteiger charge is 2.07. The number of pyridine rings is 1. The van der Waals surface area contributed by atoms with Gasteiger partial charge in [0.2, 0.25) is 0 Å². The van der Waals surface area contributed by atoms with Gasteiger partial charge >= 0.3 is 0 Å². The molecule has 2 aromatic rings. The maximum absolute atomic E-state index is 11.9. The third kappa shape index (κ3) is 2.31. The van der Waals surface area contributed by atoms with Gasteiger partial charge in [0.15, 0.2) is 0 Å².